The van der Waals surface area contributed by atoms with Gasteiger partial charge in [0.25, 0.3) is 0 Å². The van der Waals surface area contributed by atoms with Gasteiger partial charge in [0.1, 0.15) is 0 Å². The highest BCUT2D eigenvalue weighted by atomic mass is 19.2. The fraction of sp³-hybridized carbons (Fsp3) is 0. The normalized spacial score (nSPS) is 10.1. The van der Waals surface area contributed by atoms with Crippen molar-refractivity contribution in [2.45, 2.75) is 0 Å². The molecule has 0 bridgehead atoms. The van der Waals surface area contributed by atoms with E-state index in [9.17, 15) is 22.0 Å². The second-order valence-corrected chi connectivity index (χ2v) is 3.71. The lowest BCUT2D eigenvalue weighted by Crippen LogP contribution is -2.00. The number of hydrogen-bond acceptors (Lipinski definition) is 1. The number of nitrogens with zero attached hydrogens (tertiary/aromatic N) is 1. The summed E-state index contributed by atoms with van der Waals surface area (Å²) in [5.74, 6) is -8.14. The SMILES string of the molecule is Fc1c(F)c(F)c(N=C=Cc2ccccc2)c(F)c1F. The molecular formula is C14H6F5N. The molecule has 0 aliphatic carbocycles. The Balaban J connectivity index is 2.47. The fourth-order valence-electron chi connectivity index (χ4n) is 1.41. The predicted octanol–water partition coefficient (Wildman–Crippen LogP) is 4.40. The number of rotatable bonds is 2. The van der Waals surface area contributed by atoms with Crippen LogP contribution in [0.25, 0.3) is 6.08 Å². The summed E-state index contributed by atoms with van der Waals surface area (Å²) in [4.78, 5) is 3.16. The molecule has 0 spiro atoms. The summed E-state index contributed by atoms with van der Waals surface area (Å²) in [7, 11) is 0. The summed E-state index contributed by atoms with van der Waals surface area (Å²) in [6.45, 7) is 0. The van der Waals surface area contributed by atoms with Gasteiger partial charge in [-0.05, 0) is 11.4 Å². The maximum absolute atomic E-state index is 13.3. The Bertz CT molecular complexity index is 674. The summed E-state index contributed by atoms with van der Waals surface area (Å²) >= 11 is 0. The summed E-state index contributed by atoms with van der Waals surface area (Å²) in [5.41, 5.74) is -0.659. The van der Waals surface area contributed by atoms with Gasteiger partial charge in [-0.3, -0.25) is 0 Å². The molecule has 0 aromatic heterocycles. The number of aliphatic imine (C=N–C) groups is 1. The first kappa shape index (κ1) is 14.0. The van der Waals surface area contributed by atoms with Gasteiger partial charge in [-0.2, -0.15) is 4.99 Å². The molecule has 0 saturated carbocycles. The van der Waals surface area contributed by atoms with Gasteiger partial charge in [0, 0.05) is 6.08 Å². The van der Waals surface area contributed by atoms with E-state index >= 15 is 0 Å². The highest BCUT2D eigenvalue weighted by Crippen LogP contribution is 2.28. The van der Waals surface area contributed by atoms with Crippen molar-refractivity contribution in [3.8, 4) is 0 Å². The Hall–Kier alpha value is -2.46. The molecule has 20 heavy (non-hydrogen) atoms. The summed E-state index contributed by atoms with van der Waals surface area (Å²) in [6, 6.07) is 8.46. The third-order valence-corrected chi connectivity index (χ3v) is 2.39. The first-order valence-electron chi connectivity index (χ1n) is 5.38. The minimum Gasteiger partial charge on any atom is -0.201 e. The van der Waals surface area contributed by atoms with Crippen LogP contribution in [-0.4, -0.2) is 5.87 Å². The summed E-state index contributed by atoms with van der Waals surface area (Å²) in [6.07, 6.45) is 1.25. The Kier molecular flexibility index (Phi) is 3.96. The molecular weight excluding hydrogens is 277 g/mol. The van der Waals surface area contributed by atoms with E-state index in [4.69, 9.17) is 0 Å². The standard InChI is InChI=1S/C14H6F5N/c15-9-10(16)12(18)14(13(19)11(9)17)20-7-6-8-4-2-1-3-5-8/h1-6H. The molecule has 0 N–H and O–H groups in total. The highest BCUT2D eigenvalue weighted by Gasteiger charge is 2.25. The van der Waals surface area contributed by atoms with E-state index in [0.717, 1.165) is 0 Å². The van der Waals surface area contributed by atoms with Crippen LogP contribution in [0, 0.1) is 29.1 Å². The Morgan fingerprint density at radius 1 is 0.750 bits per heavy atom. The van der Waals surface area contributed by atoms with Crippen molar-refractivity contribution in [3.05, 3.63) is 65.0 Å². The van der Waals surface area contributed by atoms with Crippen LogP contribution >= 0.6 is 0 Å². The van der Waals surface area contributed by atoms with Gasteiger partial charge in [0.15, 0.2) is 29.0 Å². The van der Waals surface area contributed by atoms with Crippen LogP contribution in [0.15, 0.2) is 35.3 Å². The molecule has 102 valence electrons. The predicted molar refractivity (Wildman–Crippen MR) is 64.2 cm³/mol. The number of hydrogen-bond donors (Lipinski definition) is 0. The van der Waals surface area contributed by atoms with Crippen molar-refractivity contribution in [1.82, 2.24) is 0 Å². The topological polar surface area (TPSA) is 12.4 Å². The highest BCUT2D eigenvalue weighted by molar-refractivity contribution is 5.79. The lowest BCUT2D eigenvalue weighted by atomic mass is 10.2. The zero-order chi connectivity index (χ0) is 14.7. The second-order valence-electron chi connectivity index (χ2n) is 3.71. The van der Waals surface area contributed by atoms with Crippen molar-refractivity contribution in [2.24, 2.45) is 4.99 Å². The summed E-state index contributed by atoms with van der Waals surface area (Å²) < 4.78 is 65.1. The Morgan fingerprint density at radius 3 is 1.80 bits per heavy atom. The molecule has 0 unspecified atom stereocenters. The molecule has 0 atom stereocenters. The minimum absolute atomic E-state index is 0.611. The van der Waals surface area contributed by atoms with Crippen molar-refractivity contribution < 1.29 is 22.0 Å². The first-order valence-corrected chi connectivity index (χ1v) is 5.38. The van der Waals surface area contributed by atoms with Crippen molar-refractivity contribution >= 4 is 17.6 Å². The zero-order valence-electron chi connectivity index (χ0n) is 9.80. The molecule has 0 heterocycles. The van der Waals surface area contributed by atoms with Gasteiger partial charge in [-0.1, -0.05) is 30.3 Å². The molecule has 2 aromatic carbocycles. The van der Waals surface area contributed by atoms with Gasteiger partial charge in [-0.15, -0.1) is 0 Å². The van der Waals surface area contributed by atoms with Crippen LogP contribution in [0.4, 0.5) is 27.6 Å². The third kappa shape index (κ3) is 2.60. The van der Waals surface area contributed by atoms with E-state index in [2.05, 4.69) is 10.9 Å². The second kappa shape index (κ2) is 5.67. The number of halogens is 5. The Labute approximate surface area is 110 Å². The van der Waals surface area contributed by atoms with Gasteiger partial charge >= 0.3 is 0 Å². The van der Waals surface area contributed by atoms with Gasteiger partial charge in [0.2, 0.25) is 5.82 Å². The number of benzene rings is 2. The average Bonchev–Trinajstić information content (AvgIpc) is 2.48. The van der Waals surface area contributed by atoms with Crippen LogP contribution in [0.5, 0.6) is 0 Å². The van der Waals surface area contributed by atoms with Crippen LogP contribution < -0.4 is 0 Å². The van der Waals surface area contributed by atoms with E-state index in [1.807, 2.05) is 0 Å². The van der Waals surface area contributed by atoms with E-state index in [1.165, 1.54) is 6.08 Å². The molecule has 0 aliphatic rings. The van der Waals surface area contributed by atoms with E-state index < -0.39 is 34.8 Å². The molecule has 2 rings (SSSR count). The molecule has 2 aromatic rings. The summed E-state index contributed by atoms with van der Waals surface area (Å²) in [5, 5.41) is 0. The Morgan fingerprint density at radius 2 is 1.25 bits per heavy atom. The quantitative estimate of drug-likeness (QED) is 0.335. The molecule has 0 saturated heterocycles. The molecule has 0 fully saturated rings. The largest absolute Gasteiger partial charge is 0.201 e. The smallest absolute Gasteiger partial charge is 0.200 e. The van der Waals surface area contributed by atoms with Gasteiger partial charge < -0.3 is 0 Å². The molecule has 6 heteroatoms. The maximum atomic E-state index is 13.3. The van der Waals surface area contributed by atoms with Crippen molar-refractivity contribution in [3.63, 3.8) is 0 Å². The average molecular weight is 283 g/mol. The molecule has 0 radical (unpaired) electrons. The zero-order valence-corrected chi connectivity index (χ0v) is 9.80. The molecule has 0 aliphatic heterocycles. The lowest BCUT2D eigenvalue weighted by Gasteiger charge is -2.02. The van der Waals surface area contributed by atoms with Crippen molar-refractivity contribution in [2.75, 3.05) is 0 Å². The molecule has 1 nitrogen and oxygen atoms in total. The van der Waals surface area contributed by atoms with Crippen LogP contribution in [0.2, 0.25) is 0 Å². The van der Waals surface area contributed by atoms with E-state index in [0.29, 0.717) is 5.56 Å². The van der Waals surface area contributed by atoms with Gasteiger partial charge in [0.05, 0.1) is 0 Å². The van der Waals surface area contributed by atoms with Crippen molar-refractivity contribution in [1.29, 1.82) is 0 Å². The maximum Gasteiger partial charge on any atom is 0.200 e. The van der Waals surface area contributed by atoms with Crippen LogP contribution in [0.1, 0.15) is 5.56 Å². The lowest BCUT2D eigenvalue weighted by molar-refractivity contribution is 0.381. The monoisotopic (exact) mass is 283 g/mol. The minimum atomic E-state index is -2.22. The third-order valence-electron chi connectivity index (χ3n) is 2.39. The van der Waals surface area contributed by atoms with Gasteiger partial charge in [-0.25, -0.2) is 22.0 Å². The molecule has 0 amide bonds. The van der Waals surface area contributed by atoms with Crippen LogP contribution in [-0.2, 0) is 0 Å². The van der Waals surface area contributed by atoms with E-state index in [1.54, 1.807) is 30.3 Å². The fourth-order valence-corrected chi connectivity index (χ4v) is 1.41. The van der Waals surface area contributed by atoms with Crippen LogP contribution in [0.3, 0.4) is 0 Å². The first-order chi connectivity index (χ1) is 9.52. The van der Waals surface area contributed by atoms with E-state index in [-0.39, 0.29) is 0 Å².